The van der Waals surface area contributed by atoms with Crippen molar-refractivity contribution in [1.82, 2.24) is 4.98 Å². The van der Waals surface area contributed by atoms with Crippen molar-refractivity contribution in [1.29, 1.82) is 0 Å². The van der Waals surface area contributed by atoms with E-state index < -0.39 is 0 Å². The summed E-state index contributed by atoms with van der Waals surface area (Å²) in [4.78, 5) is 4.12. The maximum Gasteiger partial charge on any atom is 0.244 e. The maximum absolute atomic E-state index is 5.97. The van der Waals surface area contributed by atoms with Gasteiger partial charge in [-0.05, 0) is 24.3 Å². The van der Waals surface area contributed by atoms with E-state index in [1.54, 1.807) is 11.2 Å². The summed E-state index contributed by atoms with van der Waals surface area (Å²) in [7, 11) is 0. The average Bonchev–Trinajstić information content (AvgIpc) is 2.30. The number of hydrogen-bond acceptors (Lipinski definition) is 4. The standard InChI is InChI=1S/C11H9N3O/c12-14-8-4-1-2-6-10(8)15-11-9(14)5-3-7-13-11/h1-7H,12H2. The van der Waals surface area contributed by atoms with Crippen molar-refractivity contribution in [3.05, 3.63) is 42.6 Å². The van der Waals surface area contributed by atoms with Gasteiger partial charge in [0.1, 0.15) is 11.4 Å². The van der Waals surface area contributed by atoms with Gasteiger partial charge in [-0.3, -0.25) is 5.01 Å². The zero-order valence-corrected chi connectivity index (χ0v) is 7.92. The van der Waals surface area contributed by atoms with Crippen molar-refractivity contribution in [3.63, 3.8) is 0 Å². The van der Waals surface area contributed by atoms with Gasteiger partial charge in [-0.2, -0.15) is 0 Å². The molecule has 0 unspecified atom stereocenters. The van der Waals surface area contributed by atoms with Gasteiger partial charge in [0.05, 0.1) is 0 Å². The van der Waals surface area contributed by atoms with E-state index >= 15 is 0 Å². The largest absolute Gasteiger partial charge is 0.435 e. The van der Waals surface area contributed by atoms with Crippen molar-refractivity contribution in [2.45, 2.75) is 0 Å². The Labute approximate surface area is 86.9 Å². The van der Waals surface area contributed by atoms with E-state index in [1.165, 1.54) is 0 Å². The number of fused-ring (bicyclic) bond motifs is 2. The number of ether oxygens (including phenoxy) is 1. The van der Waals surface area contributed by atoms with Gasteiger partial charge in [0.25, 0.3) is 0 Å². The Balaban J connectivity index is 2.20. The van der Waals surface area contributed by atoms with Crippen LogP contribution in [0.15, 0.2) is 42.6 Å². The molecule has 0 bridgehead atoms. The van der Waals surface area contributed by atoms with Gasteiger partial charge in [-0.15, -0.1) is 0 Å². The number of nitrogens with two attached hydrogens (primary N) is 1. The molecule has 1 aliphatic heterocycles. The Bertz CT molecular complexity index is 467. The van der Waals surface area contributed by atoms with Crippen molar-refractivity contribution in [3.8, 4) is 11.6 Å². The molecule has 2 aromatic rings. The van der Waals surface area contributed by atoms with E-state index in [9.17, 15) is 0 Å². The van der Waals surface area contributed by atoms with Gasteiger partial charge in [0.15, 0.2) is 5.75 Å². The lowest BCUT2D eigenvalue weighted by Crippen LogP contribution is -2.28. The van der Waals surface area contributed by atoms with Crippen LogP contribution < -0.4 is 15.6 Å². The summed E-state index contributed by atoms with van der Waals surface area (Å²) in [5, 5.41) is 1.58. The minimum Gasteiger partial charge on any atom is -0.435 e. The lowest BCUT2D eigenvalue weighted by molar-refractivity contribution is 0.454. The normalized spacial score (nSPS) is 12.7. The molecule has 1 aromatic heterocycles. The van der Waals surface area contributed by atoms with Gasteiger partial charge in [-0.1, -0.05) is 12.1 Å². The zero-order chi connectivity index (χ0) is 10.3. The number of aromatic nitrogens is 1. The van der Waals surface area contributed by atoms with E-state index in [0.29, 0.717) is 5.88 Å². The van der Waals surface area contributed by atoms with E-state index in [4.69, 9.17) is 10.6 Å². The molecule has 0 spiro atoms. The second-order valence-electron chi connectivity index (χ2n) is 3.27. The number of pyridine rings is 1. The highest BCUT2D eigenvalue weighted by Crippen LogP contribution is 2.42. The Morgan fingerprint density at radius 1 is 1.07 bits per heavy atom. The molecule has 1 aliphatic rings. The summed E-state index contributed by atoms with van der Waals surface area (Å²) in [6.07, 6.45) is 1.68. The van der Waals surface area contributed by atoms with Crippen LogP contribution in [0.2, 0.25) is 0 Å². The van der Waals surface area contributed by atoms with Gasteiger partial charge in [0, 0.05) is 6.20 Å². The van der Waals surface area contributed by atoms with E-state index in [-0.39, 0.29) is 0 Å². The summed E-state index contributed by atoms with van der Waals surface area (Å²) in [5.41, 5.74) is 1.62. The van der Waals surface area contributed by atoms with Crippen molar-refractivity contribution in [2.75, 3.05) is 5.01 Å². The number of hydrazine groups is 1. The maximum atomic E-state index is 5.97. The van der Waals surface area contributed by atoms with E-state index in [2.05, 4.69) is 4.98 Å². The Morgan fingerprint density at radius 3 is 2.80 bits per heavy atom. The fraction of sp³-hybridized carbons (Fsp3) is 0. The second kappa shape index (κ2) is 2.96. The zero-order valence-electron chi connectivity index (χ0n) is 7.92. The number of rotatable bonds is 0. The Morgan fingerprint density at radius 2 is 1.87 bits per heavy atom. The molecular formula is C11H9N3O. The van der Waals surface area contributed by atoms with Crippen molar-refractivity contribution in [2.24, 2.45) is 5.84 Å². The summed E-state index contributed by atoms with van der Waals surface area (Å²) < 4.78 is 5.62. The van der Waals surface area contributed by atoms with Crippen LogP contribution in [0.25, 0.3) is 0 Å². The molecule has 0 fully saturated rings. The molecule has 3 rings (SSSR count). The van der Waals surface area contributed by atoms with Crippen LogP contribution in [0.3, 0.4) is 0 Å². The minimum absolute atomic E-state index is 0.540. The third-order valence-electron chi connectivity index (χ3n) is 2.34. The smallest absolute Gasteiger partial charge is 0.244 e. The number of nitrogens with zero attached hydrogens (tertiary/aromatic N) is 2. The first-order valence-electron chi connectivity index (χ1n) is 4.63. The summed E-state index contributed by atoms with van der Waals surface area (Å²) >= 11 is 0. The van der Waals surface area contributed by atoms with E-state index in [1.807, 2.05) is 36.4 Å². The fourth-order valence-electron chi connectivity index (χ4n) is 1.62. The fourth-order valence-corrected chi connectivity index (χ4v) is 1.62. The predicted molar refractivity (Wildman–Crippen MR) is 57.1 cm³/mol. The molecule has 74 valence electrons. The molecule has 2 N–H and O–H groups in total. The monoisotopic (exact) mass is 199 g/mol. The molecule has 0 radical (unpaired) electrons. The SMILES string of the molecule is NN1c2ccccc2Oc2ncccc21. The molecule has 0 amide bonds. The molecule has 0 aliphatic carbocycles. The van der Waals surface area contributed by atoms with Crippen LogP contribution in [0.1, 0.15) is 0 Å². The third-order valence-corrected chi connectivity index (χ3v) is 2.34. The lowest BCUT2D eigenvalue weighted by atomic mass is 10.2. The van der Waals surface area contributed by atoms with Crippen LogP contribution in [0.5, 0.6) is 11.6 Å². The molecule has 4 heteroatoms. The average molecular weight is 199 g/mol. The van der Waals surface area contributed by atoms with Crippen molar-refractivity contribution >= 4 is 11.4 Å². The van der Waals surface area contributed by atoms with E-state index in [0.717, 1.165) is 17.1 Å². The molecule has 15 heavy (non-hydrogen) atoms. The van der Waals surface area contributed by atoms with Crippen LogP contribution in [0.4, 0.5) is 11.4 Å². The minimum atomic E-state index is 0.540. The molecular weight excluding hydrogens is 190 g/mol. The summed E-state index contributed by atoms with van der Waals surface area (Å²) in [5.74, 6) is 7.24. The molecule has 0 saturated carbocycles. The molecule has 4 nitrogen and oxygen atoms in total. The summed E-state index contributed by atoms with van der Waals surface area (Å²) in [6, 6.07) is 11.3. The van der Waals surface area contributed by atoms with Gasteiger partial charge < -0.3 is 4.74 Å². The number of benzene rings is 1. The lowest BCUT2D eigenvalue weighted by Gasteiger charge is -2.27. The summed E-state index contributed by atoms with van der Waals surface area (Å²) in [6.45, 7) is 0. The first-order valence-corrected chi connectivity index (χ1v) is 4.63. The Kier molecular flexibility index (Phi) is 1.63. The highest BCUT2D eigenvalue weighted by Gasteiger charge is 2.21. The number of anilines is 2. The van der Waals surface area contributed by atoms with Crippen LogP contribution in [0, 0.1) is 0 Å². The van der Waals surface area contributed by atoms with Crippen LogP contribution in [-0.4, -0.2) is 4.98 Å². The predicted octanol–water partition coefficient (Wildman–Crippen LogP) is 2.20. The number of hydrogen-bond donors (Lipinski definition) is 1. The van der Waals surface area contributed by atoms with Gasteiger partial charge in [0.2, 0.25) is 5.88 Å². The molecule has 1 aromatic carbocycles. The molecule has 2 heterocycles. The van der Waals surface area contributed by atoms with Crippen LogP contribution in [-0.2, 0) is 0 Å². The first kappa shape index (κ1) is 8.26. The topological polar surface area (TPSA) is 51.4 Å². The van der Waals surface area contributed by atoms with Gasteiger partial charge >= 0.3 is 0 Å². The highest BCUT2D eigenvalue weighted by atomic mass is 16.5. The first-order chi connectivity index (χ1) is 7.36. The quantitative estimate of drug-likeness (QED) is 0.661. The van der Waals surface area contributed by atoms with Crippen LogP contribution >= 0.6 is 0 Å². The third kappa shape index (κ3) is 1.15. The van der Waals surface area contributed by atoms with Crippen molar-refractivity contribution < 1.29 is 4.74 Å². The number of para-hydroxylation sites is 2. The van der Waals surface area contributed by atoms with Gasteiger partial charge in [-0.25, -0.2) is 10.8 Å². The molecule has 0 saturated heterocycles. The molecule has 0 atom stereocenters. The Hall–Kier alpha value is -2.07. The highest BCUT2D eigenvalue weighted by molar-refractivity contribution is 5.74. The second-order valence-corrected chi connectivity index (χ2v) is 3.27.